The summed E-state index contributed by atoms with van der Waals surface area (Å²) in [6, 6.07) is 0. The number of rotatable bonds is 3. The number of nitrogens with one attached hydrogen (secondary N) is 1. The molecule has 0 aromatic carbocycles. The lowest BCUT2D eigenvalue weighted by Gasteiger charge is -2.03. The fraction of sp³-hybridized carbons (Fsp3) is 0.455. The first-order valence-electron chi connectivity index (χ1n) is 5.31. The van der Waals surface area contributed by atoms with E-state index in [1.165, 1.54) is 11.3 Å². The Bertz CT molecular complexity index is 450. The van der Waals surface area contributed by atoms with Crippen molar-refractivity contribution in [1.82, 2.24) is 0 Å². The van der Waals surface area contributed by atoms with Crippen molar-refractivity contribution in [2.45, 2.75) is 32.6 Å². The molecule has 0 bridgehead atoms. The van der Waals surface area contributed by atoms with E-state index in [2.05, 4.69) is 5.32 Å². The Balaban J connectivity index is 2.38. The van der Waals surface area contributed by atoms with Gasteiger partial charge in [0.2, 0.25) is 5.91 Å². The number of aromatic carboxylic acids is 1. The van der Waals surface area contributed by atoms with Gasteiger partial charge in [-0.25, -0.2) is 4.79 Å². The molecule has 0 spiro atoms. The molecule has 86 valence electrons. The molecule has 0 unspecified atom stereocenters. The van der Waals surface area contributed by atoms with Gasteiger partial charge in [-0.3, -0.25) is 4.79 Å². The third kappa shape index (κ3) is 1.82. The quantitative estimate of drug-likeness (QED) is 0.850. The summed E-state index contributed by atoms with van der Waals surface area (Å²) in [4.78, 5) is 23.6. The number of anilines is 1. The lowest BCUT2D eigenvalue weighted by atomic mass is 10.1. The van der Waals surface area contributed by atoms with Crippen LogP contribution < -0.4 is 5.32 Å². The van der Waals surface area contributed by atoms with E-state index in [0.29, 0.717) is 17.0 Å². The van der Waals surface area contributed by atoms with Crippen LogP contribution in [0.3, 0.4) is 0 Å². The van der Waals surface area contributed by atoms with Gasteiger partial charge in [-0.2, -0.15) is 0 Å². The second kappa shape index (κ2) is 4.25. The zero-order valence-corrected chi connectivity index (χ0v) is 9.82. The smallest absolute Gasteiger partial charge is 0.339 e. The summed E-state index contributed by atoms with van der Waals surface area (Å²) in [6.07, 6.45) is 3.13. The van der Waals surface area contributed by atoms with Crippen LogP contribution in [-0.4, -0.2) is 17.0 Å². The number of hydrogen-bond donors (Lipinski definition) is 2. The zero-order valence-electron chi connectivity index (χ0n) is 9.00. The van der Waals surface area contributed by atoms with E-state index in [4.69, 9.17) is 5.11 Å². The Morgan fingerprint density at radius 2 is 2.19 bits per heavy atom. The zero-order chi connectivity index (χ0) is 11.7. The topological polar surface area (TPSA) is 66.4 Å². The Morgan fingerprint density at radius 3 is 2.81 bits per heavy atom. The summed E-state index contributed by atoms with van der Waals surface area (Å²) >= 11 is 1.41. The van der Waals surface area contributed by atoms with Crippen molar-refractivity contribution in [3.63, 3.8) is 0 Å². The minimum Gasteiger partial charge on any atom is -0.478 e. The molecule has 2 N–H and O–H groups in total. The van der Waals surface area contributed by atoms with Gasteiger partial charge in [0.05, 0.1) is 5.56 Å². The summed E-state index contributed by atoms with van der Waals surface area (Å²) in [5, 5.41) is 12.3. The fourth-order valence-corrected chi connectivity index (χ4v) is 3.23. The molecule has 1 aromatic rings. The summed E-state index contributed by atoms with van der Waals surface area (Å²) < 4.78 is 0. The van der Waals surface area contributed by atoms with Gasteiger partial charge in [-0.05, 0) is 24.8 Å². The molecule has 1 aliphatic carbocycles. The average molecular weight is 239 g/mol. The highest BCUT2D eigenvalue weighted by Crippen LogP contribution is 2.39. The van der Waals surface area contributed by atoms with Crippen molar-refractivity contribution in [1.29, 1.82) is 0 Å². The lowest BCUT2D eigenvalue weighted by Crippen LogP contribution is -2.12. The van der Waals surface area contributed by atoms with E-state index in [0.717, 1.165) is 29.7 Å². The van der Waals surface area contributed by atoms with Gasteiger partial charge in [0.15, 0.2) is 0 Å². The van der Waals surface area contributed by atoms with Crippen LogP contribution in [0.2, 0.25) is 0 Å². The Hall–Kier alpha value is -1.36. The van der Waals surface area contributed by atoms with E-state index < -0.39 is 5.97 Å². The predicted molar refractivity (Wildman–Crippen MR) is 62.2 cm³/mol. The second-order valence-electron chi connectivity index (χ2n) is 3.77. The summed E-state index contributed by atoms with van der Waals surface area (Å²) in [5.41, 5.74) is 1.23. The molecule has 0 aliphatic heterocycles. The van der Waals surface area contributed by atoms with Crippen LogP contribution in [0.5, 0.6) is 0 Å². The SMILES string of the molecule is CCC(=O)Nc1sc2c(c1C(=O)O)CCC2. The van der Waals surface area contributed by atoms with Crippen LogP contribution in [0.15, 0.2) is 0 Å². The largest absolute Gasteiger partial charge is 0.478 e. The number of thiophene rings is 1. The number of carboxylic acid groups (broad SMARTS) is 1. The van der Waals surface area contributed by atoms with Crippen LogP contribution in [0, 0.1) is 0 Å². The minimum atomic E-state index is -0.939. The number of fused-ring (bicyclic) bond motifs is 1. The maximum absolute atomic E-state index is 11.3. The minimum absolute atomic E-state index is 0.137. The van der Waals surface area contributed by atoms with Gasteiger partial charge in [0, 0.05) is 11.3 Å². The molecule has 0 fully saturated rings. The maximum Gasteiger partial charge on any atom is 0.339 e. The first-order valence-corrected chi connectivity index (χ1v) is 6.12. The summed E-state index contributed by atoms with van der Waals surface area (Å²) in [7, 11) is 0. The van der Waals surface area contributed by atoms with Gasteiger partial charge in [0.25, 0.3) is 0 Å². The molecule has 2 rings (SSSR count). The van der Waals surface area contributed by atoms with Crippen molar-refractivity contribution in [2.24, 2.45) is 0 Å². The number of carbonyl (C=O) groups is 2. The number of carbonyl (C=O) groups excluding carboxylic acids is 1. The molecule has 0 saturated carbocycles. The predicted octanol–water partition coefficient (Wildman–Crippen LogP) is 2.28. The summed E-state index contributed by atoms with van der Waals surface area (Å²) in [6.45, 7) is 1.75. The molecule has 1 aliphatic rings. The molecule has 16 heavy (non-hydrogen) atoms. The highest BCUT2D eigenvalue weighted by Gasteiger charge is 2.26. The van der Waals surface area contributed by atoms with Gasteiger partial charge >= 0.3 is 5.97 Å². The van der Waals surface area contributed by atoms with Crippen LogP contribution in [0.1, 0.15) is 40.6 Å². The van der Waals surface area contributed by atoms with Gasteiger partial charge in [-0.15, -0.1) is 11.3 Å². The summed E-state index contributed by atoms with van der Waals surface area (Å²) in [5.74, 6) is -1.08. The van der Waals surface area contributed by atoms with Crippen LogP contribution in [0.4, 0.5) is 5.00 Å². The number of amides is 1. The van der Waals surface area contributed by atoms with Gasteiger partial charge in [0.1, 0.15) is 5.00 Å². The Morgan fingerprint density at radius 1 is 1.44 bits per heavy atom. The third-order valence-electron chi connectivity index (χ3n) is 2.71. The van der Waals surface area contributed by atoms with Crippen molar-refractivity contribution >= 4 is 28.2 Å². The average Bonchev–Trinajstić information content (AvgIpc) is 2.76. The molecular formula is C11H13NO3S. The highest BCUT2D eigenvalue weighted by molar-refractivity contribution is 7.17. The van der Waals surface area contributed by atoms with E-state index in [1.54, 1.807) is 6.92 Å². The van der Waals surface area contributed by atoms with Crippen LogP contribution in [0.25, 0.3) is 0 Å². The third-order valence-corrected chi connectivity index (χ3v) is 3.92. The van der Waals surface area contributed by atoms with Crippen molar-refractivity contribution < 1.29 is 14.7 Å². The molecule has 1 amide bonds. The molecule has 1 heterocycles. The Kier molecular flexibility index (Phi) is 2.96. The maximum atomic E-state index is 11.3. The van der Waals surface area contributed by atoms with Crippen molar-refractivity contribution in [3.8, 4) is 0 Å². The van der Waals surface area contributed by atoms with Gasteiger partial charge in [-0.1, -0.05) is 6.92 Å². The van der Waals surface area contributed by atoms with Crippen LogP contribution >= 0.6 is 11.3 Å². The molecular weight excluding hydrogens is 226 g/mol. The molecule has 1 aromatic heterocycles. The highest BCUT2D eigenvalue weighted by atomic mass is 32.1. The van der Waals surface area contributed by atoms with Gasteiger partial charge < -0.3 is 10.4 Å². The molecule has 5 heteroatoms. The van der Waals surface area contributed by atoms with E-state index >= 15 is 0 Å². The molecule has 4 nitrogen and oxygen atoms in total. The molecule has 0 saturated heterocycles. The Labute approximate surface area is 97.3 Å². The molecule has 0 atom stereocenters. The first kappa shape index (κ1) is 11.1. The number of hydrogen-bond acceptors (Lipinski definition) is 3. The second-order valence-corrected chi connectivity index (χ2v) is 4.87. The van der Waals surface area contributed by atoms with Crippen LogP contribution in [-0.2, 0) is 17.6 Å². The number of carboxylic acids is 1. The standard InChI is InChI=1S/C11H13NO3S/c1-2-8(13)12-10-9(11(14)15)6-4-3-5-7(6)16-10/h2-5H2,1H3,(H,12,13)(H,14,15). The van der Waals surface area contributed by atoms with E-state index in [-0.39, 0.29) is 5.91 Å². The van der Waals surface area contributed by atoms with E-state index in [1.807, 2.05) is 0 Å². The van der Waals surface area contributed by atoms with Crippen molar-refractivity contribution in [3.05, 3.63) is 16.0 Å². The monoisotopic (exact) mass is 239 g/mol. The van der Waals surface area contributed by atoms with E-state index in [9.17, 15) is 9.59 Å². The number of aryl methyl sites for hydroxylation is 1. The fourth-order valence-electron chi connectivity index (χ4n) is 1.93. The molecule has 0 radical (unpaired) electrons. The first-order chi connectivity index (χ1) is 7.63. The normalized spacial score (nSPS) is 13.6. The lowest BCUT2D eigenvalue weighted by molar-refractivity contribution is -0.115. The van der Waals surface area contributed by atoms with Crippen molar-refractivity contribution in [2.75, 3.05) is 5.32 Å².